The van der Waals surface area contributed by atoms with Gasteiger partial charge in [-0.05, 0) is 110 Å². The topological polar surface area (TPSA) is 86.7 Å². The lowest BCUT2D eigenvalue weighted by Gasteiger charge is -2.59. The minimum absolute atomic E-state index is 0.0953. The number of ketones is 2. The first-order chi connectivity index (χ1) is 19.4. The van der Waals surface area contributed by atoms with Crippen LogP contribution in [0.1, 0.15) is 69.9 Å². The van der Waals surface area contributed by atoms with Gasteiger partial charge in [-0.3, -0.25) is 13.8 Å². The van der Waals surface area contributed by atoms with Gasteiger partial charge in [0, 0.05) is 17.8 Å². The van der Waals surface area contributed by atoms with E-state index < -0.39 is 15.5 Å². The quantitative estimate of drug-likeness (QED) is 0.296. The van der Waals surface area contributed by atoms with Gasteiger partial charge in [0.05, 0.1) is 18.1 Å². The fraction of sp³-hybridized carbons (Fsp3) is 0.529. The average molecular weight is 577 g/mol. The van der Waals surface area contributed by atoms with E-state index in [1.807, 2.05) is 44.2 Å². The number of benzene rings is 2. The van der Waals surface area contributed by atoms with Gasteiger partial charge in [0.15, 0.2) is 5.78 Å². The molecule has 7 atom stereocenters. The summed E-state index contributed by atoms with van der Waals surface area (Å²) in [5.41, 5.74) is 1.92. The molecule has 0 aliphatic heterocycles. The minimum Gasteiger partial charge on any atom is -0.497 e. The number of allylic oxidation sites excluding steroid dienone is 1. The van der Waals surface area contributed by atoms with E-state index in [0.717, 1.165) is 41.7 Å². The maximum Gasteiger partial charge on any atom is 0.297 e. The fourth-order valence-corrected chi connectivity index (χ4v) is 9.89. The summed E-state index contributed by atoms with van der Waals surface area (Å²) < 4.78 is 37.0. The van der Waals surface area contributed by atoms with Crippen molar-refractivity contribution in [3.63, 3.8) is 0 Å². The molecule has 0 aromatic heterocycles. The molecular weight excluding hydrogens is 536 g/mol. The van der Waals surface area contributed by atoms with E-state index in [-0.39, 0.29) is 51.7 Å². The predicted octanol–water partition coefficient (Wildman–Crippen LogP) is 6.56. The smallest absolute Gasteiger partial charge is 0.297 e. The highest BCUT2D eigenvalue weighted by Crippen LogP contribution is 2.65. The summed E-state index contributed by atoms with van der Waals surface area (Å²) in [6.07, 6.45) is 6.43. The highest BCUT2D eigenvalue weighted by atomic mass is 32.2. The molecule has 4 saturated carbocycles. The second-order valence-electron chi connectivity index (χ2n) is 13.3. The Hall–Kier alpha value is -2.77. The molecule has 7 heteroatoms. The van der Waals surface area contributed by atoms with Crippen molar-refractivity contribution in [1.82, 2.24) is 0 Å². The van der Waals surface area contributed by atoms with Gasteiger partial charge in [-0.25, -0.2) is 0 Å². The number of rotatable bonds is 5. The van der Waals surface area contributed by atoms with Crippen molar-refractivity contribution < 1.29 is 26.9 Å². The zero-order valence-corrected chi connectivity index (χ0v) is 25.2. The third-order valence-corrected chi connectivity index (χ3v) is 12.4. The lowest BCUT2D eigenvalue weighted by atomic mass is 9.45. The minimum atomic E-state index is -3.85. The van der Waals surface area contributed by atoms with E-state index in [2.05, 4.69) is 6.92 Å². The Kier molecular flexibility index (Phi) is 7.05. The molecule has 2 aromatic carbocycles. The van der Waals surface area contributed by atoms with E-state index in [4.69, 9.17) is 8.92 Å². The largest absolute Gasteiger partial charge is 0.497 e. The number of ether oxygens (including phenoxy) is 1. The third-order valence-electron chi connectivity index (χ3n) is 11.0. The highest BCUT2D eigenvalue weighted by Gasteiger charge is 2.64. The Morgan fingerprint density at radius 3 is 2.34 bits per heavy atom. The summed E-state index contributed by atoms with van der Waals surface area (Å²) in [6, 6.07) is 14.5. The Labute approximate surface area is 243 Å². The van der Waals surface area contributed by atoms with Crippen LogP contribution in [-0.4, -0.2) is 33.2 Å². The van der Waals surface area contributed by atoms with Crippen LogP contribution in [0.15, 0.2) is 59.0 Å². The molecule has 0 radical (unpaired) electrons. The van der Waals surface area contributed by atoms with Crippen molar-refractivity contribution in [2.24, 2.45) is 34.5 Å². The monoisotopic (exact) mass is 576 g/mol. The summed E-state index contributed by atoms with van der Waals surface area (Å²) in [6.45, 7) is 6.17. The van der Waals surface area contributed by atoms with Crippen molar-refractivity contribution in [1.29, 1.82) is 0 Å². The van der Waals surface area contributed by atoms with Crippen LogP contribution in [-0.2, 0) is 23.9 Å². The van der Waals surface area contributed by atoms with Crippen LogP contribution in [0, 0.1) is 41.4 Å². The molecule has 0 saturated heterocycles. The molecule has 4 aliphatic carbocycles. The van der Waals surface area contributed by atoms with Crippen molar-refractivity contribution in [3.05, 3.63) is 65.2 Å². The molecule has 4 aliphatic rings. The first kappa shape index (κ1) is 28.4. The van der Waals surface area contributed by atoms with Crippen molar-refractivity contribution in [2.45, 2.75) is 76.7 Å². The van der Waals surface area contributed by atoms with Gasteiger partial charge in [-0.15, -0.1) is 0 Å². The number of carbonyl (C=O) groups is 2. The number of methoxy groups -OCH3 is 1. The number of aryl methyl sites for hydroxylation is 1. The van der Waals surface area contributed by atoms with Gasteiger partial charge in [0.1, 0.15) is 11.5 Å². The van der Waals surface area contributed by atoms with Crippen LogP contribution in [0.25, 0.3) is 6.08 Å². The number of fused-ring (bicyclic) bond motifs is 5. The number of carbonyl (C=O) groups excluding carboxylic acids is 2. The van der Waals surface area contributed by atoms with Crippen LogP contribution in [0.2, 0.25) is 0 Å². The van der Waals surface area contributed by atoms with Gasteiger partial charge >= 0.3 is 0 Å². The van der Waals surface area contributed by atoms with Crippen molar-refractivity contribution >= 4 is 27.8 Å². The molecular formula is C34H40O6S. The summed E-state index contributed by atoms with van der Waals surface area (Å²) in [5.74, 6) is 1.55. The Morgan fingerprint density at radius 1 is 0.951 bits per heavy atom. The Morgan fingerprint density at radius 2 is 1.66 bits per heavy atom. The maximum absolute atomic E-state index is 13.9. The third kappa shape index (κ3) is 4.79. The van der Waals surface area contributed by atoms with Crippen LogP contribution in [0.4, 0.5) is 0 Å². The molecule has 41 heavy (non-hydrogen) atoms. The summed E-state index contributed by atoms with van der Waals surface area (Å²) in [5, 5.41) is 0. The predicted molar refractivity (Wildman–Crippen MR) is 157 cm³/mol. The van der Waals surface area contributed by atoms with Crippen molar-refractivity contribution in [2.75, 3.05) is 7.11 Å². The van der Waals surface area contributed by atoms with Gasteiger partial charge in [-0.1, -0.05) is 43.7 Å². The molecule has 4 fully saturated rings. The van der Waals surface area contributed by atoms with E-state index >= 15 is 0 Å². The lowest BCUT2D eigenvalue weighted by molar-refractivity contribution is -0.161. The SMILES string of the molecule is COc1ccc(/C=C2\C[C@@H]3[C@@H]4CC[C@H]5C[C@H](OS(=O)(=O)c6ccc(C)cc6)CC[C@]5(C)[C@@H]4C(=O)C[C@]3(C)C2=O)cc1. The lowest BCUT2D eigenvalue weighted by Crippen LogP contribution is -2.57. The second-order valence-corrected chi connectivity index (χ2v) is 14.9. The fourth-order valence-electron chi connectivity index (χ4n) is 8.78. The second kappa shape index (κ2) is 10.2. The molecule has 0 unspecified atom stereocenters. The van der Waals surface area contributed by atoms with Gasteiger partial charge in [-0.2, -0.15) is 8.42 Å². The number of hydrogen-bond donors (Lipinski definition) is 0. The van der Waals surface area contributed by atoms with E-state index in [0.29, 0.717) is 25.7 Å². The average Bonchev–Trinajstić information content (AvgIpc) is 3.18. The zero-order chi connectivity index (χ0) is 29.2. The van der Waals surface area contributed by atoms with Gasteiger partial charge in [0.2, 0.25) is 0 Å². The first-order valence-corrected chi connectivity index (χ1v) is 16.3. The summed E-state index contributed by atoms with van der Waals surface area (Å²) in [4.78, 5) is 27.9. The van der Waals surface area contributed by atoms with E-state index in [1.165, 1.54) is 0 Å². The normalized spacial score (nSPS) is 36.0. The Bertz CT molecular complexity index is 1490. The molecule has 218 valence electrons. The highest BCUT2D eigenvalue weighted by molar-refractivity contribution is 7.86. The molecule has 0 bridgehead atoms. The molecule has 0 N–H and O–H groups in total. The molecule has 0 heterocycles. The maximum atomic E-state index is 13.9. The van der Waals surface area contributed by atoms with Crippen LogP contribution >= 0.6 is 0 Å². The molecule has 6 nitrogen and oxygen atoms in total. The van der Waals surface area contributed by atoms with E-state index in [1.54, 1.807) is 31.4 Å². The number of hydrogen-bond acceptors (Lipinski definition) is 6. The van der Waals surface area contributed by atoms with E-state index in [9.17, 15) is 18.0 Å². The van der Waals surface area contributed by atoms with Crippen LogP contribution in [0.5, 0.6) is 5.75 Å². The molecule has 0 spiro atoms. The van der Waals surface area contributed by atoms with Crippen LogP contribution in [0.3, 0.4) is 0 Å². The van der Waals surface area contributed by atoms with Gasteiger partial charge < -0.3 is 4.74 Å². The first-order valence-electron chi connectivity index (χ1n) is 14.9. The standard InChI is InChI=1S/C34H40O6S/c1-21-5-12-27(13-6-21)41(37,38)40-26-15-16-33(2)24(19-26)9-14-28-29-18-23(17-22-7-10-25(39-4)11-8-22)32(36)34(29,3)20-30(35)31(28)33/h5-8,10-13,17,24,26,28-29,31H,9,14-16,18-20H2,1-4H3/b23-17+/t24-,26+,28-,29+,31-,33-,34-/m0/s1. The Balaban J connectivity index is 1.21. The van der Waals surface area contributed by atoms with Crippen LogP contribution < -0.4 is 4.74 Å². The van der Waals surface area contributed by atoms with Gasteiger partial charge in [0.25, 0.3) is 10.1 Å². The molecule has 6 rings (SSSR count). The summed E-state index contributed by atoms with van der Waals surface area (Å²) >= 11 is 0. The number of Topliss-reactive ketones (excluding diaryl/α,β-unsaturated/α-hetero) is 2. The summed E-state index contributed by atoms with van der Waals surface area (Å²) in [7, 11) is -2.21. The zero-order valence-electron chi connectivity index (χ0n) is 24.4. The molecule has 0 amide bonds. The molecule has 2 aromatic rings. The van der Waals surface area contributed by atoms with Crippen molar-refractivity contribution in [3.8, 4) is 5.75 Å².